The van der Waals surface area contributed by atoms with Gasteiger partial charge in [-0.3, -0.25) is 0 Å². The van der Waals surface area contributed by atoms with Crippen LogP contribution in [-0.2, 0) is 9.84 Å². The molecule has 0 N–H and O–H groups in total. The lowest BCUT2D eigenvalue weighted by atomic mass is 11.2. The Bertz CT molecular complexity index is 191. The van der Waals surface area contributed by atoms with E-state index in [1.807, 2.05) is 0 Å². The van der Waals surface area contributed by atoms with Crippen LogP contribution >= 0.6 is 23.2 Å². The van der Waals surface area contributed by atoms with Crippen LogP contribution < -0.4 is 0 Å². The first-order valence-electron chi connectivity index (χ1n) is 1.64. The van der Waals surface area contributed by atoms with Crippen molar-refractivity contribution in [2.24, 2.45) is 0 Å². The zero-order valence-electron chi connectivity index (χ0n) is 4.06. The topological polar surface area (TPSA) is 34.1 Å². The third-order valence-electron chi connectivity index (χ3n) is 0.440. The van der Waals surface area contributed by atoms with Gasteiger partial charge in [-0.2, -0.15) is 0 Å². The van der Waals surface area contributed by atoms with Gasteiger partial charge in [-0.05, 0) is 0 Å². The SMILES string of the molecule is CS(=O)(=O)/C(Cl)=C\Cl. The van der Waals surface area contributed by atoms with Gasteiger partial charge in [0.15, 0.2) is 9.84 Å². The fourth-order valence-electron chi connectivity index (χ4n) is 0.0809. The molecular formula is C3H4Cl2O2S. The predicted molar refractivity (Wildman–Crippen MR) is 34.6 cm³/mol. The van der Waals surface area contributed by atoms with Crippen LogP contribution in [0.3, 0.4) is 0 Å². The summed E-state index contributed by atoms with van der Waals surface area (Å²) in [6.45, 7) is 0. The summed E-state index contributed by atoms with van der Waals surface area (Å²) in [5, 5.41) is 0. The molecule has 0 aromatic carbocycles. The Morgan fingerprint density at radius 1 is 1.62 bits per heavy atom. The molecule has 0 bridgehead atoms. The van der Waals surface area contributed by atoms with Crippen LogP contribution in [0.5, 0.6) is 0 Å². The van der Waals surface area contributed by atoms with Crippen LogP contribution in [0.25, 0.3) is 0 Å². The van der Waals surface area contributed by atoms with E-state index in [9.17, 15) is 8.42 Å². The molecule has 0 fully saturated rings. The second kappa shape index (κ2) is 2.71. The summed E-state index contributed by atoms with van der Waals surface area (Å²) >= 11 is 10.0. The Balaban J connectivity index is 4.55. The van der Waals surface area contributed by atoms with E-state index in [0.717, 1.165) is 11.8 Å². The smallest absolute Gasteiger partial charge is 0.187 e. The van der Waals surface area contributed by atoms with Gasteiger partial charge in [-0.25, -0.2) is 8.42 Å². The van der Waals surface area contributed by atoms with Crippen LogP contribution in [0.4, 0.5) is 0 Å². The largest absolute Gasteiger partial charge is 0.223 e. The van der Waals surface area contributed by atoms with E-state index in [1.165, 1.54) is 0 Å². The molecule has 8 heavy (non-hydrogen) atoms. The summed E-state index contributed by atoms with van der Waals surface area (Å²) in [6, 6.07) is 0. The number of halogens is 2. The average molecular weight is 175 g/mol. The lowest BCUT2D eigenvalue weighted by Crippen LogP contribution is -1.92. The maximum Gasteiger partial charge on any atom is 0.187 e. The first kappa shape index (κ1) is 8.27. The highest BCUT2D eigenvalue weighted by atomic mass is 35.5. The molecular weight excluding hydrogens is 171 g/mol. The number of sulfone groups is 1. The summed E-state index contributed by atoms with van der Waals surface area (Å²) in [7, 11) is -3.26. The molecule has 5 heteroatoms. The Kier molecular flexibility index (Phi) is 2.80. The zero-order chi connectivity index (χ0) is 6.78. The summed E-state index contributed by atoms with van der Waals surface area (Å²) in [4.78, 5) is 0. The molecule has 48 valence electrons. The molecule has 0 aliphatic carbocycles. The lowest BCUT2D eigenvalue weighted by molar-refractivity contribution is 0.609. The van der Waals surface area contributed by atoms with Crippen LogP contribution in [-0.4, -0.2) is 14.7 Å². The summed E-state index contributed by atoms with van der Waals surface area (Å²) in [5.41, 5.74) is 0.816. The molecule has 0 heterocycles. The van der Waals surface area contributed by atoms with E-state index in [-0.39, 0.29) is 4.36 Å². The van der Waals surface area contributed by atoms with Gasteiger partial charge in [0, 0.05) is 11.8 Å². The van der Waals surface area contributed by atoms with E-state index >= 15 is 0 Å². The Labute approximate surface area is 58.0 Å². The van der Waals surface area contributed by atoms with Gasteiger partial charge in [0.2, 0.25) is 0 Å². The summed E-state index contributed by atoms with van der Waals surface area (Å²) in [5.74, 6) is 0. The van der Waals surface area contributed by atoms with E-state index < -0.39 is 9.84 Å². The molecule has 0 unspecified atom stereocenters. The van der Waals surface area contributed by atoms with Crippen molar-refractivity contribution >= 4 is 33.0 Å². The van der Waals surface area contributed by atoms with Gasteiger partial charge in [-0.15, -0.1) is 0 Å². The highest BCUT2D eigenvalue weighted by Crippen LogP contribution is 2.09. The Morgan fingerprint density at radius 2 is 2.00 bits per heavy atom. The fourth-order valence-corrected chi connectivity index (χ4v) is 0.728. The van der Waals surface area contributed by atoms with Crippen molar-refractivity contribution in [1.82, 2.24) is 0 Å². The van der Waals surface area contributed by atoms with Crippen molar-refractivity contribution in [2.45, 2.75) is 0 Å². The van der Waals surface area contributed by atoms with Crippen molar-refractivity contribution in [3.8, 4) is 0 Å². The van der Waals surface area contributed by atoms with Crippen molar-refractivity contribution in [3.63, 3.8) is 0 Å². The second-order valence-electron chi connectivity index (χ2n) is 1.19. The van der Waals surface area contributed by atoms with Gasteiger partial charge in [0.25, 0.3) is 0 Å². The second-order valence-corrected chi connectivity index (χ2v) is 4.02. The van der Waals surface area contributed by atoms with E-state index in [4.69, 9.17) is 23.2 Å². The van der Waals surface area contributed by atoms with Crippen molar-refractivity contribution < 1.29 is 8.42 Å². The monoisotopic (exact) mass is 174 g/mol. The summed E-state index contributed by atoms with van der Waals surface area (Å²) in [6.07, 6.45) is 0.980. The molecule has 2 nitrogen and oxygen atoms in total. The molecule has 0 radical (unpaired) electrons. The Hall–Kier alpha value is 0.270. The first-order chi connectivity index (χ1) is 3.48. The number of hydrogen-bond acceptors (Lipinski definition) is 2. The lowest BCUT2D eigenvalue weighted by Gasteiger charge is -1.87. The maximum atomic E-state index is 10.3. The molecule has 0 saturated heterocycles. The van der Waals surface area contributed by atoms with Crippen LogP contribution in [0.2, 0.25) is 0 Å². The van der Waals surface area contributed by atoms with Crippen molar-refractivity contribution in [2.75, 3.05) is 6.26 Å². The van der Waals surface area contributed by atoms with Crippen LogP contribution in [0, 0.1) is 0 Å². The normalized spacial score (nSPS) is 14.1. The third kappa shape index (κ3) is 2.55. The molecule has 0 aliphatic heterocycles. The summed E-state index contributed by atoms with van der Waals surface area (Å²) < 4.78 is 20.2. The van der Waals surface area contributed by atoms with Crippen LogP contribution in [0.1, 0.15) is 0 Å². The number of rotatable bonds is 1. The molecule has 0 aromatic heterocycles. The van der Waals surface area contributed by atoms with Crippen molar-refractivity contribution in [3.05, 3.63) is 9.90 Å². The minimum atomic E-state index is -3.26. The molecule has 0 aromatic rings. The predicted octanol–water partition coefficient (Wildman–Crippen LogP) is 1.31. The molecule has 0 atom stereocenters. The van der Waals surface area contributed by atoms with Gasteiger partial charge >= 0.3 is 0 Å². The maximum absolute atomic E-state index is 10.3. The average Bonchev–Trinajstić information content (AvgIpc) is 1.62. The molecule has 0 saturated carbocycles. The minimum absolute atomic E-state index is 0.334. The fraction of sp³-hybridized carbons (Fsp3) is 0.333. The van der Waals surface area contributed by atoms with Gasteiger partial charge in [0.1, 0.15) is 4.36 Å². The van der Waals surface area contributed by atoms with E-state index in [1.54, 1.807) is 0 Å². The molecule has 0 aliphatic rings. The quantitative estimate of drug-likeness (QED) is 0.601. The Morgan fingerprint density at radius 3 is 2.00 bits per heavy atom. The number of hydrogen-bond donors (Lipinski definition) is 0. The zero-order valence-corrected chi connectivity index (χ0v) is 6.39. The minimum Gasteiger partial charge on any atom is -0.223 e. The van der Waals surface area contributed by atoms with E-state index in [0.29, 0.717) is 0 Å². The van der Waals surface area contributed by atoms with Gasteiger partial charge in [-0.1, -0.05) is 23.2 Å². The third-order valence-corrected chi connectivity index (χ3v) is 2.68. The van der Waals surface area contributed by atoms with E-state index in [2.05, 4.69) is 0 Å². The highest BCUT2D eigenvalue weighted by molar-refractivity contribution is 7.96. The first-order valence-corrected chi connectivity index (χ1v) is 4.35. The van der Waals surface area contributed by atoms with Gasteiger partial charge < -0.3 is 0 Å². The molecule has 0 spiro atoms. The standard InChI is InChI=1S/C3H4Cl2O2S/c1-8(6,7)3(5)2-4/h2H,1H3/b3-2-. The molecule has 0 amide bonds. The van der Waals surface area contributed by atoms with Crippen LogP contribution in [0.15, 0.2) is 9.90 Å². The van der Waals surface area contributed by atoms with Crippen molar-refractivity contribution in [1.29, 1.82) is 0 Å². The molecule has 0 rings (SSSR count). The van der Waals surface area contributed by atoms with Gasteiger partial charge in [0.05, 0.1) is 0 Å². The highest BCUT2D eigenvalue weighted by Gasteiger charge is 2.04.